The summed E-state index contributed by atoms with van der Waals surface area (Å²) >= 11 is 0. The van der Waals surface area contributed by atoms with E-state index in [1.165, 1.54) is 33.0 Å². The maximum Gasteiger partial charge on any atom is 1.00 e. The number of methoxy groups -OCH3 is 1. The number of carboxylic acids is 1. The Morgan fingerprint density at radius 3 is 2.44 bits per heavy atom. The third-order valence-corrected chi connectivity index (χ3v) is 6.66. The second kappa shape index (κ2) is 11.7. The van der Waals surface area contributed by atoms with E-state index in [1.807, 2.05) is 30.3 Å². The fourth-order valence-electron chi connectivity index (χ4n) is 4.83. The average Bonchev–Trinajstić information content (AvgIpc) is 3.53. The summed E-state index contributed by atoms with van der Waals surface area (Å²) in [5.41, 5.74) is 4.27. The summed E-state index contributed by atoms with van der Waals surface area (Å²) in [7, 11) is 1.47. The molecule has 7 heteroatoms. The van der Waals surface area contributed by atoms with E-state index in [-0.39, 0.29) is 24.4 Å². The van der Waals surface area contributed by atoms with Gasteiger partial charge in [0.25, 0.3) is 0 Å². The van der Waals surface area contributed by atoms with E-state index in [4.69, 9.17) is 9.47 Å². The van der Waals surface area contributed by atoms with Crippen LogP contribution in [0.1, 0.15) is 28.8 Å². The smallest absolute Gasteiger partial charge is 0.545 e. The summed E-state index contributed by atoms with van der Waals surface area (Å²) in [5, 5.41) is 12.5. The van der Waals surface area contributed by atoms with Gasteiger partial charge in [0.2, 0.25) is 0 Å². The van der Waals surface area contributed by atoms with Crippen molar-refractivity contribution >= 4 is 16.9 Å². The first-order chi connectivity index (χ1) is 17.1. The van der Waals surface area contributed by atoms with Crippen molar-refractivity contribution < 1.29 is 38.2 Å². The molecular weight excluding hydrogens is 447 g/mol. The molecule has 0 aliphatic carbocycles. The number of ether oxygens (including phenoxy) is 2. The quantitative estimate of drug-likeness (QED) is 0.340. The number of carboxylic acid groups (broad SMARTS) is 1. The van der Waals surface area contributed by atoms with Gasteiger partial charge in [0.1, 0.15) is 18.1 Å². The molecule has 4 aromatic rings. The van der Waals surface area contributed by atoms with Gasteiger partial charge in [0, 0.05) is 35.2 Å². The molecule has 0 spiro atoms. The van der Waals surface area contributed by atoms with Crippen molar-refractivity contribution in [2.75, 3.05) is 33.4 Å². The third-order valence-electron chi connectivity index (χ3n) is 6.66. The van der Waals surface area contributed by atoms with Gasteiger partial charge >= 0.3 is 18.9 Å². The molecule has 6 nitrogen and oxygen atoms in total. The van der Waals surface area contributed by atoms with Crippen molar-refractivity contribution in [2.45, 2.75) is 19.4 Å². The summed E-state index contributed by atoms with van der Waals surface area (Å²) in [4.78, 5) is 13.8. The van der Waals surface area contributed by atoms with Gasteiger partial charge in [0.05, 0.1) is 13.1 Å². The van der Waals surface area contributed by atoms with Crippen LogP contribution in [0.15, 0.2) is 72.8 Å². The number of aromatic carboxylic acids is 1. The SMILES string of the molecule is COc1cc(Cn2c(-c3ccc(OCCN4CCCC4)cc3)cc3ccccc32)ccc1C(=O)[O-].[Li+]. The molecule has 2 heterocycles. The van der Waals surface area contributed by atoms with Crippen LogP contribution in [-0.4, -0.2) is 48.8 Å². The minimum absolute atomic E-state index is 0. The van der Waals surface area contributed by atoms with Gasteiger partial charge in [-0.1, -0.05) is 24.3 Å². The number of rotatable bonds is 9. The van der Waals surface area contributed by atoms with Gasteiger partial charge in [-0.25, -0.2) is 0 Å². The number of aromatic nitrogens is 1. The van der Waals surface area contributed by atoms with E-state index >= 15 is 0 Å². The van der Waals surface area contributed by atoms with Crippen molar-refractivity contribution in [3.05, 3.63) is 83.9 Å². The molecular formula is C29H29LiN2O4. The Hall–Kier alpha value is -3.17. The van der Waals surface area contributed by atoms with E-state index in [0.29, 0.717) is 18.9 Å². The van der Waals surface area contributed by atoms with Crippen LogP contribution >= 0.6 is 0 Å². The number of benzene rings is 3. The van der Waals surface area contributed by atoms with Crippen molar-refractivity contribution in [3.63, 3.8) is 0 Å². The maximum atomic E-state index is 11.4. The molecule has 36 heavy (non-hydrogen) atoms. The fourth-order valence-corrected chi connectivity index (χ4v) is 4.83. The average molecular weight is 477 g/mol. The van der Waals surface area contributed by atoms with E-state index in [0.717, 1.165) is 40.0 Å². The zero-order valence-electron chi connectivity index (χ0n) is 20.9. The fraction of sp³-hybridized carbons (Fsp3) is 0.276. The van der Waals surface area contributed by atoms with Crippen LogP contribution in [0.4, 0.5) is 0 Å². The molecule has 0 radical (unpaired) electrons. The summed E-state index contributed by atoms with van der Waals surface area (Å²) in [6, 6.07) is 23.8. The van der Waals surface area contributed by atoms with Gasteiger partial charge < -0.3 is 23.9 Å². The predicted octanol–water partition coefficient (Wildman–Crippen LogP) is 1.21. The Kier molecular flexibility index (Phi) is 8.43. The molecule has 1 aliphatic heterocycles. The van der Waals surface area contributed by atoms with Crippen molar-refractivity contribution in [2.24, 2.45) is 0 Å². The second-order valence-electron chi connectivity index (χ2n) is 8.92. The molecule has 1 fully saturated rings. The summed E-state index contributed by atoms with van der Waals surface area (Å²) in [6.45, 7) is 4.59. The summed E-state index contributed by atoms with van der Waals surface area (Å²) in [6.07, 6.45) is 2.58. The van der Waals surface area contributed by atoms with E-state index in [1.54, 1.807) is 12.1 Å². The molecule has 0 amide bonds. The largest absolute Gasteiger partial charge is 1.00 e. The first kappa shape index (κ1) is 25.9. The Morgan fingerprint density at radius 1 is 0.972 bits per heavy atom. The normalized spacial score (nSPS) is 13.5. The minimum atomic E-state index is -1.25. The molecule has 180 valence electrons. The Balaban J connectivity index is 0.00000304. The van der Waals surface area contributed by atoms with Crippen LogP contribution in [-0.2, 0) is 6.54 Å². The monoisotopic (exact) mass is 476 g/mol. The second-order valence-corrected chi connectivity index (χ2v) is 8.92. The number of carbonyl (C=O) groups is 1. The van der Waals surface area contributed by atoms with Crippen molar-refractivity contribution in [1.82, 2.24) is 9.47 Å². The van der Waals surface area contributed by atoms with Gasteiger partial charge in [-0.3, -0.25) is 4.90 Å². The minimum Gasteiger partial charge on any atom is -0.545 e. The number of para-hydroxylation sites is 1. The van der Waals surface area contributed by atoms with Gasteiger partial charge in [0.15, 0.2) is 0 Å². The molecule has 0 atom stereocenters. The molecule has 0 N–H and O–H groups in total. The molecule has 0 bridgehead atoms. The van der Waals surface area contributed by atoms with Crippen LogP contribution in [0.2, 0.25) is 0 Å². The Morgan fingerprint density at radius 2 is 1.72 bits per heavy atom. The number of hydrogen-bond acceptors (Lipinski definition) is 5. The van der Waals surface area contributed by atoms with E-state index in [9.17, 15) is 9.90 Å². The van der Waals surface area contributed by atoms with Crippen molar-refractivity contribution in [3.8, 4) is 22.8 Å². The van der Waals surface area contributed by atoms with Gasteiger partial charge in [-0.15, -0.1) is 0 Å². The first-order valence-corrected chi connectivity index (χ1v) is 12.0. The molecule has 1 saturated heterocycles. The third kappa shape index (κ3) is 5.62. The van der Waals surface area contributed by atoms with E-state index < -0.39 is 5.97 Å². The number of nitrogens with zero attached hydrogens (tertiary/aromatic N) is 2. The van der Waals surface area contributed by atoms with Crippen LogP contribution in [0.3, 0.4) is 0 Å². The van der Waals surface area contributed by atoms with Gasteiger partial charge in [-0.05, 0) is 85.6 Å². The topological polar surface area (TPSA) is 66.8 Å². The van der Waals surface area contributed by atoms with Crippen LogP contribution < -0.4 is 33.4 Å². The summed E-state index contributed by atoms with van der Waals surface area (Å²) < 4.78 is 13.5. The zero-order valence-corrected chi connectivity index (χ0v) is 20.9. The molecule has 1 aromatic heterocycles. The van der Waals surface area contributed by atoms with Crippen LogP contribution in [0.5, 0.6) is 11.5 Å². The number of likely N-dealkylation sites (tertiary alicyclic amines) is 1. The first-order valence-electron chi connectivity index (χ1n) is 12.0. The zero-order chi connectivity index (χ0) is 24.2. The molecule has 5 rings (SSSR count). The van der Waals surface area contributed by atoms with Crippen molar-refractivity contribution in [1.29, 1.82) is 0 Å². The molecule has 1 aliphatic rings. The van der Waals surface area contributed by atoms with Crippen LogP contribution in [0.25, 0.3) is 22.2 Å². The number of carbonyl (C=O) groups excluding carboxylic acids is 1. The van der Waals surface area contributed by atoms with Crippen LogP contribution in [0, 0.1) is 0 Å². The Bertz CT molecular complexity index is 1330. The number of fused-ring (bicyclic) bond motifs is 1. The molecule has 0 saturated carbocycles. The maximum absolute atomic E-state index is 11.4. The van der Waals surface area contributed by atoms with Gasteiger partial charge in [-0.2, -0.15) is 0 Å². The Labute approximate surface area is 223 Å². The summed E-state index contributed by atoms with van der Waals surface area (Å²) in [5.74, 6) is -0.0719. The molecule has 0 unspecified atom stereocenters. The molecule has 3 aromatic carbocycles. The standard InChI is InChI=1S/C29H30N2O4.Li/c1-34-28-18-21(8-13-25(28)29(32)33)20-31-26-7-3-2-6-23(26)19-27(31)22-9-11-24(12-10-22)35-17-16-30-14-4-5-15-30;/h2-3,6-13,18-19H,4-5,14-17,20H2,1H3,(H,32,33);/q;+1/p-1. The number of hydrogen-bond donors (Lipinski definition) is 0. The van der Waals surface area contributed by atoms with E-state index in [2.05, 4.69) is 39.8 Å². The predicted molar refractivity (Wildman–Crippen MR) is 135 cm³/mol.